The zero-order chi connectivity index (χ0) is 20.4. The summed E-state index contributed by atoms with van der Waals surface area (Å²) in [4.78, 5) is 32.0. The lowest BCUT2D eigenvalue weighted by molar-refractivity contribution is -0.137. The van der Waals surface area contributed by atoms with Gasteiger partial charge in [-0.2, -0.15) is 10.2 Å². The topological polar surface area (TPSA) is 128 Å². The van der Waals surface area contributed by atoms with E-state index in [0.717, 1.165) is 22.6 Å². The minimum Gasteiger partial charge on any atom is -0.480 e. The Labute approximate surface area is 161 Å². The van der Waals surface area contributed by atoms with Crippen LogP contribution in [0.3, 0.4) is 0 Å². The Bertz CT molecular complexity index is 1030. The molecule has 1 amide bonds. The van der Waals surface area contributed by atoms with Gasteiger partial charge in [-0.3, -0.25) is 14.3 Å². The van der Waals surface area contributed by atoms with E-state index in [1.54, 1.807) is 10.7 Å². The summed E-state index contributed by atoms with van der Waals surface area (Å²) in [5.74, 6) is -0.510. The molecule has 3 heterocycles. The number of carboxylic acid groups (broad SMARTS) is 1. The van der Waals surface area contributed by atoms with Gasteiger partial charge in [0.2, 0.25) is 5.91 Å². The number of nitrogens with one attached hydrogen (secondary N) is 1. The van der Waals surface area contributed by atoms with Crippen molar-refractivity contribution < 1.29 is 14.7 Å². The van der Waals surface area contributed by atoms with Gasteiger partial charge in [-0.05, 0) is 33.8 Å². The number of aliphatic carboxylic acids is 1. The van der Waals surface area contributed by atoms with E-state index in [0.29, 0.717) is 17.5 Å². The first-order chi connectivity index (χ1) is 13.2. The van der Waals surface area contributed by atoms with Gasteiger partial charge in [-0.15, -0.1) is 0 Å². The SMILES string of the molecule is Cc1cc(C)nc(-n2nc(C)c(CC(=O)Nc3ccn(CC(=O)O)n3)c2C)n1. The summed E-state index contributed by atoms with van der Waals surface area (Å²) in [7, 11) is 0. The highest BCUT2D eigenvalue weighted by Gasteiger charge is 2.18. The van der Waals surface area contributed by atoms with Crippen LogP contribution in [-0.4, -0.2) is 46.5 Å². The van der Waals surface area contributed by atoms with Crippen molar-refractivity contribution in [2.75, 3.05) is 5.32 Å². The van der Waals surface area contributed by atoms with Gasteiger partial charge in [0.1, 0.15) is 6.54 Å². The van der Waals surface area contributed by atoms with E-state index < -0.39 is 5.97 Å². The molecule has 3 aromatic rings. The van der Waals surface area contributed by atoms with Gasteiger partial charge in [-0.25, -0.2) is 14.6 Å². The minimum atomic E-state index is -1.01. The molecule has 0 spiro atoms. The summed E-state index contributed by atoms with van der Waals surface area (Å²) < 4.78 is 2.88. The largest absolute Gasteiger partial charge is 0.480 e. The van der Waals surface area contributed by atoms with Crippen molar-refractivity contribution in [2.24, 2.45) is 0 Å². The van der Waals surface area contributed by atoms with Gasteiger partial charge < -0.3 is 10.4 Å². The summed E-state index contributed by atoms with van der Waals surface area (Å²) in [6.07, 6.45) is 1.60. The molecular weight excluding hydrogens is 362 g/mol. The number of aryl methyl sites for hydroxylation is 3. The van der Waals surface area contributed by atoms with Crippen molar-refractivity contribution in [3.63, 3.8) is 0 Å². The van der Waals surface area contributed by atoms with Crippen molar-refractivity contribution in [3.8, 4) is 5.95 Å². The molecule has 2 N–H and O–H groups in total. The molecule has 0 saturated carbocycles. The van der Waals surface area contributed by atoms with Gasteiger partial charge in [0.05, 0.1) is 12.1 Å². The first-order valence-electron chi connectivity index (χ1n) is 8.66. The monoisotopic (exact) mass is 383 g/mol. The van der Waals surface area contributed by atoms with E-state index in [-0.39, 0.29) is 18.9 Å². The number of carbonyl (C=O) groups excluding carboxylic acids is 1. The van der Waals surface area contributed by atoms with Crippen LogP contribution in [0.1, 0.15) is 28.3 Å². The fourth-order valence-corrected chi connectivity index (χ4v) is 2.93. The standard InChI is InChI=1S/C18H21N7O3/c1-10-7-11(2)20-18(19-10)25-13(4)14(12(3)22-25)8-16(26)21-15-5-6-24(23-15)9-17(27)28/h5-7H,8-9H2,1-4H3,(H,27,28)(H,21,23,26). The molecule has 0 aliphatic carbocycles. The Morgan fingerprint density at radius 3 is 2.43 bits per heavy atom. The second-order valence-electron chi connectivity index (χ2n) is 6.53. The summed E-state index contributed by atoms with van der Waals surface area (Å²) in [6.45, 7) is 7.21. The fourth-order valence-electron chi connectivity index (χ4n) is 2.93. The molecule has 0 aliphatic heterocycles. The first kappa shape index (κ1) is 19.2. The molecule has 0 fully saturated rings. The van der Waals surface area contributed by atoms with Gasteiger partial charge in [0, 0.05) is 34.9 Å². The third-order valence-electron chi connectivity index (χ3n) is 4.14. The highest BCUT2D eigenvalue weighted by molar-refractivity contribution is 5.91. The van der Waals surface area contributed by atoms with Crippen LogP contribution < -0.4 is 5.32 Å². The predicted octanol–water partition coefficient (Wildman–Crippen LogP) is 1.36. The van der Waals surface area contributed by atoms with Gasteiger partial charge >= 0.3 is 5.97 Å². The highest BCUT2D eigenvalue weighted by Crippen LogP contribution is 2.18. The molecule has 10 nitrogen and oxygen atoms in total. The number of carboxylic acids is 1. The Balaban J connectivity index is 1.77. The van der Waals surface area contributed by atoms with Crippen LogP contribution in [0.5, 0.6) is 0 Å². The average molecular weight is 383 g/mol. The summed E-state index contributed by atoms with van der Waals surface area (Å²) in [5.41, 5.74) is 3.96. The normalized spacial score (nSPS) is 10.9. The second-order valence-corrected chi connectivity index (χ2v) is 6.53. The molecule has 0 aliphatic rings. The molecule has 0 aromatic carbocycles. The maximum atomic E-state index is 12.4. The smallest absolute Gasteiger partial charge is 0.325 e. The lowest BCUT2D eigenvalue weighted by atomic mass is 10.1. The Hall–Kier alpha value is -3.56. The Kier molecular flexibility index (Phi) is 5.21. The second kappa shape index (κ2) is 7.59. The Morgan fingerprint density at radius 1 is 1.11 bits per heavy atom. The third kappa shape index (κ3) is 4.22. The van der Waals surface area contributed by atoms with Crippen LogP contribution in [0.25, 0.3) is 5.95 Å². The van der Waals surface area contributed by atoms with Crippen LogP contribution in [0, 0.1) is 27.7 Å². The molecule has 3 aromatic heterocycles. The molecule has 146 valence electrons. The highest BCUT2D eigenvalue weighted by atomic mass is 16.4. The van der Waals surface area contributed by atoms with Crippen molar-refractivity contribution in [3.05, 3.63) is 46.7 Å². The van der Waals surface area contributed by atoms with Crippen LogP contribution in [0.2, 0.25) is 0 Å². The van der Waals surface area contributed by atoms with Crippen LogP contribution in [0.15, 0.2) is 18.3 Å². The van der Waals surface area contributed by atoms with Crippen LogP contribution in [-0.2, 0) is 22.6 Å². The molecule has 0 radical (unpaired) electrons. The van der Waals surface area contributed by atoms with Gasteiger partial charge in [0.15, 0.2) is 5.82 Å². The average Bonchev–Trinajstić information content (AvgIpc) is 3.12. The van der Waals surface area contributed by atoms with E-state index in [9.17, 15) is 9.59 Å². The summed E-state index contributed by atoms with van der Waals surface area (Å²) >= 11 is 0. The van der Waals surface area contributed by atoms with Crippen molar-refractivity contribution in [1.82, 2.24) is 29.5 Å². The molecule has 0 saturated heterocycles. The maximum absolute atomic E-state index is 12.4. The quantitative estimate of drug-likeness (QED) is 0.658. The number of carbonyl (C=O) groups is 2. The van der Waals surface area contributed by atoms with Crippen LogP contribution >= 0.6 is 0 Å². The molecule has 10 heteroatoms. The van der Waals surface area contributed by atoms with E-state index in [1.807, 2.05) is 33.8 Å². The molecule has 0 unspecified atom stereocenters. The van der Waals surface area contributed by atoms with E-state index >= 15 is 0 Å². The van der Waals surface area contributed by atoms with Crippen molar-refractivity contribution >= 4 is 17.7 Å². The lowest BCUT2D eigenvalue weighted by Gasteiger charge is -2.06. The zero-order valence-corrected chi connectivity index (χ0v) is 16.1. The number of hydrogen-bond acceptors (Lipinski definition) is 6. The lowest BCUT2D eigenvalue weighted by Crippen LogP contribution is -2.16. The number of anilines is 1. The number of aromatic nitrogens is 6. The summed E-state index contributed by atoms with van der Waals surface area (Å²) in [5, 5.41) is 19.9. The number of nitrogens with zero attached hydrogens (tertiary/aromatic N) is 6. The van der Waals surface area contributed by atoms with E-state index in [1.165, 1.54) is 10.9 Å². The third-order valence-corrected chi connectivity index (χ3v) is 4.14. The first-order valence-corrected chi connectivity index (χ1v) is 8.66. The van der Waals surface area contributed by atoms with Crippen LogP contribution in [0.4, 0.5) is 5.82 Å². The molecular formula is C18H21N7O3. The Morgan fingerprint density at radius 2 is 1.79 bits per heavy atom. The predicted molar refractivity (Wildman–Crippen MR) is 100 cm³/mol. The minimum absolute atomic E-state index is 0.105. The molecule has 0 atom stereocenters. The molecule has 3 rings (SSSR count). The van der Waals surface area contributed by atoms with Gasteiger partial charge in [0.25, 0.3) is 5.95 Å². The number of rotatable bonds is 6. The zero-order valence-electron chi connectivity index (χ0n) is 16.1. The van der Waals surface area contributed by atoms with Crippen molar-refractivity contribution in [2.45, 2.75) is 40.7 Å². The number of amides is 1. The molecule has 28 heavy (non-hydrogen) atoms. The maximum Gasteiger partial charge on any atom is 0.325 e. The fraction of sp³-hybridized carbons (Fsp3) is 0.333. The van der Waals surface area contributed by atoms with E-state index in [4.69, 9.17) is 5.11 Å². The van der Waals surface area contributed by atoms with E-state index in [2.05, 4.69) is 25.5 Å². The van der Waals surface area contributed by atoms with Crippen molar-refractivity contribution in [1.29, 1.82) is 0 Å². The molecule has 0 bridgehead atoms. The summed E-state index contributed by atoms with van der Waals surface area (Å²) in [6, 6.07) is 3.43. The van der Waals surface area contributed by atoms with Gasteiger partial charge in [-0.1, -0.05) is 0 Å². The number of hydrogen-bond donors (Lipinski definition) is 2.